The van der Waals surface area contributed by atoms with Crippen LogP contribution in [0, 0.1) is 10.1 Å². The highest BCUT2D eigenvalue weighted by Gasteiger charge is 2.19. The minimum atomic E-state index is -0.524. The van der Waals surface area contributed by atoms with E-state index in [2.05, 4.69) is 10.3 Å². The van der Waals surface area contributed by atoms with E-state index in [0.717, 1.165) is 20.3 Å². The van der Waals surface area contributed by atoms with E-state index in [-0.39, 0.29) is 11.3 Å². The SMILES string of the molecule is O=C(Nc1nc(-c2cccs2)c(-c2cccs2)s1)c1cccc([N+](=O)[O-])c1. The van der Waals surface area contributed by atoms with E-state index >= 15 is 0 Å². The minimum Gasteiger partial charge on any atom is -0.298 e. The Morgan fingerprint density at radius 2 is 1.78 bits per heavy atom. The van der Waals surface area contributed by atoms with Gasteiger partial charge in [0.1, 0.15) is 5.69 Å². The second-order valence-electron chi connectivity index (χ2n) is 5.41. The Labute approximate surface area is 165 Å². The van der Waals surface area contributed by atoms with Crippen LogP contribution < -0.4 is 5.32 Å². The molecule has 1 N–H and O–H groups in total. The maximum Gasteiger partial charge on any atom is 0.270 e. The summed E-state index contributed by atoms with van der Waals surface area (Å²) in [7, 11) is 0. The summed E-state index contributed by atoms with van der Waals surface area (Å²) in [5, 5.41) is 18.1. The fourth-order valence-corrected chi connectivity index (χ4v) is 5.07. The summed E-state index contributed by atoms with van der Waals surface area (Å²) in [6.45, 7) is 0. The number of nitrogens with one attached hydrogen (secondary N) is 1. The van der Waals surface area contributed by atoms with Gasteiger partial charge in [-0.3, -0.25) is 20.2 Å². The number of hydrogen-bond acceptors (Lipinski definition) is 7. The Morgan fingerprint density at radius 3 is 2.44 bits per heavy atom. The maximum atomic E-state index is 12.5. The summed E-state index contributed by atoms with van der Waals surface area (Å²) in [4.78, 5) is 30.6. The largest absolute Gasteiger partial charge is 0.298 e. The number of non-ortho nitro benzene ring substituents is 1. The lowest BCUT2D eigenvalue weighted by Gasteiger charge is -2.01. The standard InChI is InChI=1S/C18H11N3O3S3/c22-17(11-4-1-5-12(10-11)21(23)24)20-18-19-15(13-6-2-8-25-13)16(27-18)14-7-3-9-26-14/h1-10H,(H,19,20,22). The van der Waals surface area contributed by atoms with Crippen molar-refractivity contribution in [2.24, 2.45) is 0 Å². The molecule has 4 rings (SSSR count). The van der Waals surface area contributed by atoms with Crippen molar-refractivity contribution in [1.29, 1.82) is 0 Å². The summed E-state index contributed by atoms with van der Waals surface area (Å²) in [5.41, 5.74) is 0.918. The van der Waals surface area contributed by atoms with Crippen LogP contribution in [0.25, 0.3) is 20.3 Å². The second kappa shape index (κ2) is 7.39. The third-order valence-electron chi connectivity index (χ3n) is 3.67. The zero-order valence-electron chi connectivity index (χ0n) is 13.6. The highest BCUT2D eigenvalue weighted by molar-refractivity contribution is 7.24. The molecule has 1 aromatic carbocycles. The lowest BCUT2D eigenvalue weighted by molar-refractivity contribution is -0.384. The van der Waals surface area contributed by atoms with Gasteiger partial charge in [-0.05, 0) is 29.0 Å². The van der Waals surface area contributed by atoms with Crippen molar-refractivity contribution in [2.75, 3.05) is 5.32 Å². The molecule has 27 heavy (non-hydrogen) atoms. The van der Waals surface area contributed by atoms with E-state index in [0.29, 0.717) is 5.13 Å². The van der Waals surface area contributed by atoms with Gasteiger partial charge in [-0.25, -0.2) is 4.98 Å². The highest BCUT2D eigenvalue weighted by atomic mass is 32.1. The van der Waals surface area contributed by atoms with Crippen molar-refractivity contribution >= 4 is 50.7 Å². The van der Waals surface area contributed by atoms with Crippen LogP contribution in [0.5, 0.6) is 0 Å². The Hall–Kier alpha value is -2.88. The van der Waals surface area contributed by atoms with Crippen LogP contribution in [0.1, 0.15) is 10.4 Å². The van der Waals surface area contributed by atoms with Gasteiger partial charge in [0, 0.05) is 22.6 Å². The van der Waals surface area contributed by atoms with E-state index in [1.807, 2.05) is 35.0 Å². The molecule has 0 atom stereocenters. The van der Waals surface area contributed by atoms with E-state index < -0.39 is 10.8 Å². The number of thiophene rings is 2. The van der Waals surface area contributed by atoms with Gasteiger partial charge in [0.05, 0.1) is 14.7 Å². The first-order valence-electron chi connectivity index (χ1n) is 7.76. The van der Waals surface area contributed by atoms with Crippen LogP contribution in [0.3, 0.4) is 0 Å². The number of amides is 1. The Kier molecular flexibility index (Phi) is 4.80. The molecule has 0 fully saturated rings. The van der Waals surface area contributed by atoms with Gasteiger partial charge in [0.25, 0.3) is 11.6 Å². The van der Waals surface area contributed by atoms with Gasteiger partial charge < -0.3 is 0 Å². The van der Waals surface area contributed by atoms with Crippen LogP contribution in [0.15, 0.2) is 59.3 Å². The lowest BCUT2D eigenvalue weighted by atomic mass is 10.2. The van der Waals surface area contributed by atoms with Gasteiger partial charge >= 0.3 is 0 Å². The molecule has 3 heterocycles. The quantitative estimate of drug-likeness (QED) is 0.333. The number of anilines is 1. The smallest absolute Gasteiger partial charge is 0.270 e. The molecule has 0 unspecified atom stereocenters. The molecule has 0 saturated heterocycles. The van der Waals surface area contributed by atoms with Crippen LogP contribution in [0.4, 0.5) is 10.8 Å². The Morgan fingerprint density at radius 1 is 1.04 bits per heavy atom. The van der Waals surface area contributed by atoms with Crippen molar-refractivity contribution in [3.8, 4) is 20.3 Å². The number of nitro groups is 1. The number of hydrogen-bond donors (Lipinski definition) is 1. The van der Waals surface area contributed by atoms with Gasteiger partial charge in [-0.2, -0.15) is 0 Å². The number of carbonyl (C=O) groups excluding carboxylic acids is 1. The van der Waals surface area contributed by atoms with Crippen LogP contribution in [-0.2, 0) is 0 Å². The Bertz CT molecular complexity index is 1050. The van der Waals surface area contributed by atoms with Gasteiger partial charge in [-0.1, -0.05) is 29.5 Å². The van der Waals surface area contributed by atoms with Crippen molar-refractivity contribution in [2.45, 2.75) is 0 Å². The number of benzene rings is 1. The monoisotopic (exact) mass is 413 g/mol. The second-order valence-corrected chi connectivity index (χ2v) is 8.31. The number of thiazole rings is 1. The number of nitrogens with zero attached hydrogens (tertiary/aromatic N) is 2. The molecule has 3 aromatic heterocycles. The molecular weight excluding hydrogens is 402 g/mol. The summed E-state index contributed by atoms with van der Waals surface area (Å²) >= 11 is 4.58. The minimum absolute atomic E-state index is 0.125. The third-order valence-corrected chi connectivity index (χ3v) is 6.56. The first kappa shape index (κ1) is 17.5. The average molecular weight is 414 g/mol. The molecule has 0 radical (unpaired) electrons. The van der Waals surface area contributed by atoms with E-state index in [9.17, 15) is 14.9 Å². The summed E-state index contributed by atoms with van der Waals surface area (Å²) in [6, 6.07) is 13.6. The first-order chi connectivity index (χ1) is 13.1. The van der Waals surface area contributed by atoms with Crippen molar-refractivity contribution < 1.29 is 9.72 Å². The molecule has 0 aliphatic carbocycles. The van der Waals surface area contributed by atoms with Crippen molar-refractivity contribution in [3.63, 3.8) is 0 Å². The summed E-state index contributed by atoms with van der Waals surface area (Å²) in [5.74, 6) is -0.428. The van der Waals surface area contributed by atoms with Crippen LogP contribution >= 0.6 is 34.0 Å². The number of aromatic nitrogens is 1. The fourth-order valence-electron chi connectivity index (χ4n) is 2.46. The zero-order valence-corrected chi connectivity index (χ0v) is 16.1. The molecule has 134 valence electrons. The van der Waals surface area contributed by atoms with E-state index in [1.54, 1.807) is 22.7 Å². The molecular formula is C18H11N3O3S3. The van der Waals surface area contributed by atoms with E-state index in [4.69, 9.17) is 0 Å². The third kappa shape index (κ3) is 3.65. The summed E-state index contributed by atoms with van der Waals surface area (Å²) < 4.78 is 0. The predicted molar refractivity (Wildman–Crippen MR) is 110 cm³/mol. The summed E-state index contributed by atoms with van der Waals surface area (Å²) in [6.07, 6.45) is 0. The molecule has 0 bridgehead atoms. The zero-order chi connectivity index (χ0) is 18.8. The molecule has 0 saturated carbocycles. The average Bonchev–Trinajstić information content (AvgIpc) is 3.42. The maximum absolute atomic E-state index is 12.5. The van der Waals surface area contributed by atoms with Crippen molar-refractivity contribution in [1.82, 2.24) is 4.98 Å². The van der Waals surface area contributed by atoms with Gasteiger partial charge in [-0.15, -0.1) is 22.7 Å². The predicted octanol–water partition coefficient (Wildman–Crippen LogP) is 5.76. The number of carbonyl (C=O) groups is 1. The topological polar surface area (TPSA) is 85.1 Å². The molecule has 0 aliphatic rings. The molecule has 1 amide bonds. The lowest BCUT2D eigenvalue weighted by Crippen LogP contribution is -2.11. The van der Waals surface area contributed by atoms with Gasteiger partial charge in [0.2, 0.25) is 0 Å². The molecule has 6 nitrogen and oxygen atoms in total. The molecule has 9 heteroatoms. The number of nitro benzene ring substituents is 1. The Balaban J connectivity index is 1.67. The molecule has 0 aliphatic heterocycles. The van der Waals surface area contributed by atoms with Gasteiger partial charge in [0.15, 0.2) is 5.13 Å². The normalized spacial score (nSPS) is 10.7. The van der Waals surface area contributed by atoms with Crippen LogP contribution in [0.2, 0.25) is 0 Å². The van der Waals surface area contributed by atoms with Crippen LogP contribution in [-0.4, -0.2) is 15.8 Å². The first-order valence-corrected chi connectivity index (χ1v) is 10.3. The molecule has 0 spiro atoms. The number of rotatable bonds is 5. The fraction of sp³-hybridized carbons (Fsp3) is 0. The van der Waals surface area contributed by atoms with E-state index in [1.165, 1.54) is 35.6 Å². The highest BCUT2D eigenvalue weighted by Crippen LogP contribution is 2.42. The van der Waals surface area contributed by atoms with Crippen molar-refractivity contribution in [3.05, 3.63) is 75.0 Å². The molecule has 4 aromatic rings.